The molecule has 5 heteroatoms. The highest BCUT2D eigenvalue weighted by molar-refractivity contribution is 5.56. The summed E-state index contributed by atoms with van der Waals surface area (Å²) in [6.45, 7) is 6.31. The van der Waals surface area contributed by atoms with Crippen LogP contribution in [0.15, 0.2) is 18.2 Å². The average molecular weight is 257 g/mol. The van der Waals surface area contributed by atoms with E-state index in [1.54, 1.807) is 6.07 Å². The van der Waals surface area contributed by atoms with Gasteiger partial charge in [-0.15, -0.1) is 8.78 Å². The van der Waals surface area contributed by atoms with Gasteiger partial charge in [-0.1, -0.05) is 20.3 Å². The van der Waals surface area contributed by atoms with Crippen molar-refractivity contribution in [2.45, 2.75) is 39.5 Å². The van der Waals surface area contributed by atoms with Crippen LogP contribution in [0.5, 0.6) is 11.5 Å². The third-order valence-corrected chi connectivity index (χ3v) is 3.29. The lowest BCUT2D eigenvalue weighted by molar-refractivity contribution is -0.286. The number of alkyl halides is 2. The van der Waals surface area contributed by atoms with Crippen molar-refractivity contribution in [3.8, 4) is 11.5 Å². The first-order valence-electron chi connectivity index (χ1n) is 6.07. The molecule has 0 saturated carbocycles. The molecule has 2 unspecified atom stereocenters. The predicted octanol–water partition coefficient (Wildman–Crippen LogP) is 3.85. The average Bonchev–Trinajstić information content (AvgIpc) is 2.61. The summed E-state index contributed by atoms with van der Waals surface area (Å²) in [6, 6.07) is 5.00. The summed E-state index contributed by atoms with van der Waals surface area (Å²) >= 11 is 0. The van der Waals surface area contributed by atoms with Crippen LogP contribution in [0.1, 0.15) is 27.2 Å². The van der Waals surface area contributed by atoms with Gasteiger partial charge in [0.25, 0.3) is 0 Å². The monoisotopic (exact) mass is 257 g/mol. The molecule has 0 aliphatic carbocycles. The zero-order chi connectivity index (χ0) is 13.3. The quantitative estimate of drug-likeness (QED) is 0.888. The van der Waals surface area contributed by atoms with Crippen LogP contribution in [0, 0.1) is 5.92 Å². The SMILES string of the molecule is CCC(C)C(C)Nc1ccc2c(c1)OC(F)(F)O2. The molecule has 1 heterocycles. The number of anilines is 1. The van der Waals surface area contributed by atoms with E-state index in [4.69, 9.17) is 0 Å². The fourth-order valence-corrected chi connectivity index (χ4v) is 1.80. The van der Waals surface area contributed by atoms with Gasteiger partial charge in [-0.05, 0) is 25.0 Å². The van der Waals surface area contributed by atoms with Crippen LogP contribution in [0.2, 0.25) is 0 Å². The largest absolute Gasteiger partial charge is 0.586 e. The first-order valence-corrected chi connectivity index (χ1v) is 6.07. The molecule has 1 N–H and O–H groups in total. The van der Waals surface area contributed by atoms with Crippen molar-refractivity contribution in [1.29, 1.82) is 0 Å². The van der Waals surface area contributed by atoms with Gasteiger partial charge in [-0.2, -0.15) is 0 Å². The maximum Gasteiger partial charge on any atom is 0.586 e. The Balaban J connectivity index is 2.09. The summed E-state index contributed by atoms with van der Waals surface area (Å²) in [5.41, 5.74) is 0.753. The lowest BCUT2D eigenvalue weighted by Gasteiger charge is -2.21. The van der Waals surface area contributed by atoms with Gasteiger partial charge in [0, 0.05) is 17.8 Å². The van der Waals surface area contributed by atoms with Gasteiger partial charge >= 0.3 is 6.29 Å². The van der Waals surface area contributed by atoms with Crippen molar-refractivity contribution in [3.05, 3.63) is 18.2 Å². The summed E-state index contributed by atoms with van der Waals surface area (Å²) < 4.78 is 34.4. The molecule has 2 atom stereocenters. The summed E-state index contributed by atoms with van der Waals surface area (Å²) in [6.07, 6.45) is -2.50. The number of hydrogen-bond acceptors (Lipinski definition) is 3. The highest BCUT2D eigenvalue weighted by Crippen LogP contribution is 2.42. The van der Waals surface area contributed by atoms with Crippen molar-refractivity contribution in [3.63, 3.8) is 0 Å². The van der Waals surface area contributed by atoms with Crippen molar-refractivity contribution in [2.75, 3.05) is 5.32 Å². The van der Waals surface area contributed by atoms with Crippen molar-refractivity contribution in [1.82, 2.24) is 0 Å². The molecule has 0 spiro atoms. The summed E-state index contributed by atoms with van der Waals surface area (Å²) in [7, 11) is 0. The lowest BCUT2D eigenvalue weighted by atomic mass is 10.0. The molecular formula is C13H17F2NO2. The molecule has 100 valence electrons. The maximum absolute atomic E-state index is 12.8. The Labute approximate surface area is 105 Å². The maximum atomic E-state index is 12.8. The van der Waals surface area contributed by atoms with Crippen LogP contribution < -0.4 is 14.8 Å². The van der Waals surface area contributed by atoms with E-state index in [-0.39, 0.29) is 17.5 Å². The molecule has 0 saturated heterocycles. The van der Waals surface area contributed by atoms with Gasteiger partial charge in [-0.3, -0.25) is 0 Å². The Morgan fingerprint density at radius 3 is 2.56 bits per heavy atom. The smallest absolute Gasteiger partial charge is 0.395 e. The second kappa shape index (κ2) is 4.63. The fourth-order valence-electron chi connectivity index (χ4n) is 1.80. The summed E-state index contributed by atoms with van der Waals surface area (Å²) in [4.78, 5) is 0. The second-order valence-corrected chi connectivity index (χ2v) is 4.65. The van der Waals surface area contributed by atoms with Crippen molar-refractivity contribution < 1.29 is 18.3 Å². The minimum Gasteiger partial charge on any atom is -0.395 e. The minimum atomic E-state index is -3.55. The van der Waals surface area contributed by atoms with E-state index in [1.165, 1.54) is 12.1 Å². The molecule has 1 aliphatic heterocycles. The zero-order valence-corrected chi connectivity index (χ0v) is 10.7. The van der Waals surface area contributed by atoms with Crippen LogP contribution in [0.4, 0.5) is 14.5 Å². The third-order valence-electron chi connectivity index (χ3n) is 3.29. The molecule has 0 fully saturated rings. The molecule has 0 amide bonds. The Kier molecular flexibility index (Phi) is 3.32. The van der Waals surface area contributed by atoms with Gasteiger partial charge in [0.2, 0.25) is 0 Å². The first-order chi connectivity index (χ1) is 8.41. The Bertz CT molecular complexity index is 437. The Morgan fingerprint density at radius 1 is 1.22 bits per heavy atom. The second-order valence-electron chi connectivity index (χ2n) is 4.65. The molecule has 1 aliphatic rings. The van der Waals surface area contributed by atoms with Gasteiger partial charge in [-0.25, -0.2) is 0 Å². The normalized spacial score (nSPS) is 19.4. The van der Waals surface area contributed by atoms with Crippen molar-refractivity contribution in [2.24, 2.45) is 5.92 Å². The summed E-state index contributed by atoms with van der Waals surface area (Å²) in [5, 5.41) is 3.27. The topological polar surface area (TPSA) is 30.5 Å². The standard InChI is InChI=1S/C13H17F2NO2/c1-4-8(2)9(3)16-10-5-6-11-12(7-10)18-13(14,15)17-11/h5-9,16H,4H2,1-3H3. The van der Waals surface area contributed by atoms with Gasteiger partial charge < -0.3 is 14.8 Å². The Morgan fingerprint density at radius 2 is 1.89 bits per heavy atom. The van der Waals surface area contributed by atoms with Crippen LogP contribution in [-0.2, 0) is 0 Å². The number of nitrogens with one attached hydrogen (secondary N) is 1. The fraction of sp³-hybridized carbons (Fsp3) is 0.538. The van der Waals surface area contributed by atoms with Crippen LogP contribution >= 0.6 is 0 Å². The highest BCUT2D eigenvalue weighted by Gasteiger charge is 2.43. The van der Waals surface area contributed by atoms with E-state index in [0.29, 0.717) is 5.92 Å². The minimum absolute atomic E-state index is 0.0707. The summed E-state index contributed by atoms with van der Waals surface area (Å²) in [5.74, 6) is 0.639. The molecule has 3 nitrogen and oxygen atoms in total. The molecule has 1 aromatic rings. The number of rotatable bonds is 4. The number of fused-ring (bicyclic) bond motifs is 1. The zero-order valence-electron chi connectivity index (χ0n) is 10.7. The van der Waals surface area contributed by atoms with Gasteiger partial charge in [0.15, 0.2) is 11.5 Å². The Hall–Kier alpha value is -1.52. The number of benzene rings is 1. The molecule has 0 aromatic heterocycles. The molecule has 1 aromatic carbocycles. The van der Waals surface area contributed by atoms with E-state index in [1.807, 2.05) is 0 Å². The third kappa shape index (κ3) is 2.66. The molecular weight excluding hydrogens is 240 g/mol. The molecule has 0 bridgehead atoms. The number of ether oxygens (including phenoxy) is 2. The van der Waals surface area contributed by atoms with Crippen molar-refractivity contribution >= 4 is 5.69 Å². The van der Waals surface area contributed by atoms with Crippen LogP contribution in [0.3, 0.4) is 0 Å². The first kappa shape index (κ1) is 12.9. The highest BCUT2D eigenvalue weighted by atomic mass is 19.3. The van der Waals surface area contributed by atoms with Crippen LogP contribution in [-0.4, -0.2) is 12.3 Å². The van der Waals surface area contributed by atoms with Crippen LogP contribution in [0.25, 0.3) is 0 Å². The molecule has 0 radical (unpaired) electrons. The van der Waals surface area contributed by atoms with Gasteiger partial charge in [0.1, 0.15) is 0 Å². The van der Waals surface area contributed by atoms with E-state index in [9.17, 15) is 8.78 Å². The number of halogens is 2. The van der Waals surface area contributed by atoms with E-state index in [0.717, 1.165) is 12.1 Å². The van der Waals surface area contributed by atoms with E-state index >= 15 is 0 Å². The molecule has 18 heavy (non-hydrogen) atoms. The predicted molar refractivity (Wildman–Crippen MR) is 65.2 cm³/mol. The molecule has 2 rings (SSSR count). The van der Waals surface area contributed by atoms with E-state index in [2.05, 4.69) is 35.6 Å². The van der Waals surface area contributed by atoms with E-state index < -0.39 is 6.29 Å². The lowest BCUT2D eigenvalue weighted by Crippen LogP contribution is -2.26. The number of hydrogen-bond donors (Lipinski definition) is 1. The van der Waals surface area contributed by atoms with Gasteiger partial charge in [0.05, 0.1) is 0 Å².